The Morgan fingerprint density at radius 2 is 1.87 bits per heavy atom. The average molecular weight is 411 g/mol. The molecule has 5 nitrogen and oxygen atoms in total. The summed E-state index contributed by atoms with van der Waals surface area (Å²) in [5.41, 5.74) is 1.25. The summed E-state index contributed by atoms with van der Waals surface area (Å²) in [6, 6.07) is 7.86. The summed E-state index contributed by atoms with van der Waals surface area (Å²) in [5.74, 6) is -1.50. The van der Waals surface area contributed by atoms with Crippen LogP contribution >= 0.6 is 0 Å². The van der Waals surface area contributed by atoms with Crippen molar-refractivity contribution in [1.82, 2.24) is 14.9 Å². The zero-order valence-corrected chi connectivity index (χ0v) is 16.8. The molecule has 30 heavy (non-hydrogen) atoms. The largest absolute Gasteiger partial charge is 0.346 e. The van der Waals surface area contributed by atoms with Crippen LogP contribution in [0.15, 0.2) is 41.2 Å². The molecule has 0 saturated heterocycles. The SMILES string of the molecule is C[C@H](NC(=O)c1ccc2c(=O)n3c(nc2c1)CCCCCC3)c1ccc(F)c(F)c1. The van der Waals surface area contributed by atoms with Crippen molar-refractivity contribution in [2.45, 2.75) is 51.6 Å². The molecule has 1 aliphatic rings. The van der Waals surface area contributed by atoms with Crippen molar-refractivity contribution in [2.24, 2.45) is 0 Å². The van der Waals surface area contributed by atoms with E-state index in [2.05, 4.69) is 10.3 Å². The fourth-order valence-electron chi connectivity index (χ4n) is 3.88. The first-order valence-electron chi connectivity index (χ1n) is 10.2. The second-order valence-electron chi connectivity index (χ2n) is 7.75. The number of hydrogen-bond acceptors (Lipinski definition) is 3. The zero-order chi connectivity index (χ0) is 21.3. The van der Waals surface area contributed by atoms with Crippen molar-refractivity contribution in [1.29, 1.82) is 0 Å². The highest BCUT2D eigenvalue weighted by Crippen LogP contribution is 2.19. The molecule has 0 aliphatic carbocycles. The van der Waals surface area contributed by atoms with Gasteiger partial charge < -0.3 is 5.32 Å². The van der Waals surface area contributed by atoms with Crippen LogP contribution in [0.25, 0.3) is 10.9 Å². The maximum absolute atomic E-state index is 13.5. The summed E-state index contributed by atoms with van der Waals surface area (Å²) in [6.45, 7) is 2.37. The van der Waals surface area contributed by atoms with Gasteiger partial charge in [-0.15, -0.1) is 0 Å². The predicted octanol–water partition coefficient (Wildman–Crippen LogP) is 4.28. The number of nitrogens with one attached hydrogen (secondary N) is 1. The number of fused-ring (bicyclic) bond motifs is 2. The number of aromatic nitrogens is 2. The van der Waals surface area contributed by atoms with Gasteiger partial charge in [0.05, 0.1) is 16.9 Å². The number of benzene rings is 2. The van der Waals surface area contributed by atoms with E-state index in [1.54, 1.807) is 29.7 Å². The Morgan fingerprint density at radius 3 is 2.67 bits per heavy atom. The van der Waals surface area contributed by atoms with Crippen LogP contribution in [0, 0.1) is 11.6 Å². The number of halogens is 2. The van der Waals surface area contributed by atoms with Crippen LogP contribution in [0.2, 0.25) is 0 Å². The van der Waals surface area contributed by atoms with E-state index in [4.69, 9.17) is 0 Å². The molecule has 7 heteroatoms. The first-order chi connectivity index (χ1) is 14.4. The van der Waals surface area contributed by atoms with Gasteiger partial charge in [-0.2, -0.15) is 0 Å². The predicted molar refractivity (Wildman–Crippen MR) is 110 cm³/mol. The number of carbonyl (C=O) groups is 1. The molecule has 2 heterocycles. The molecular weight excluding hydrogens is 388 g/mol. The topological polar surface area (TPSA) is 64.0 Å². The first-order valence-corrected chi connectivity index (χ1v) is 10.2. The normalized spacial score (nSPS) is 15.2. The lowest BCUT2D eigenvalue weighted by Gasteiger charge is -2.17. The minimum absolute atomic E-state index is 0.0704. The molecule has 0 fully saturated rings. The van der Waals surface area contributed by atoms with Crippen molar-refractivity contribution in [2.75, 3.05) is 0 Å². The van der Waals surface area contributed by atoms with Gasteiger partial charge >= 0.3 is 0 Å². The van der Waals surface area contributed by atoms with Gasteiger partial charge in [-0.25, -0.2) is 13.8 Å². The number of carbonyl (C=O) groups excluding carboxylic acids is 1. The van der Waals surface area contributed by atoms with E-state index in [9.17, 15) is 18.4 Å². The minimum Gasteiger partial charge on any atom is -0.346 e. The van der Waals surface area contributed by atoms with Crippen LogP contribution in [0.4, 0.5) is 8.78 Å². The summed E-state index contributed by atoms with van der Waals surface area (Å²) in [7, 11) is 0. The van der Waals surface area contributed by atoms with Crippen molar-refractivity contribution in [3.63, 3.8) is 0 Å². The number of hydrogen-bond donors (Lipinski definition) is 1. The number of nitrogens with zero attached hydrogens (tertiary/aromatic N) is 2. The second-order valence-corrected chi connectivity index (χ2v) is 7.75. The summed E-state index contributed by atoms with van der Waals surface area (Å²) < 4.78 is 28.4. The van der Waals surface area contributed by atoms with E-state index in [0.29, 0.717) is 28.6 Å². The van der Waals surface area contributed by atoms with Crippen molar-refractivity contribution < 1.29 is 13.6 Å². The first kappa shape index (κ1) is 20.2. The molecule has 156 valence electrons. The summed E-state index contributed by atoms with van der Waals surface area (Å²) in [5, 5.41) is 3.27. The number of rotatable bonds is 3. The molecule has 0 unspecified atom stereocenters. The highest BCUT2D eigenvalue weighted by Gasteiger charge is 2.17. The average Bonchev–Trinajstić information content (AvgIpc) is 2.71. The maximum Gasteiger partial charge on any atom is 0.261 e. The van der Waals surface area contributed by atoms with E-state index in [0.717, 1.165) is 50.1 Å². The molecule has 1 aliphatic heterocycles. The maximum atomic E-state index is 13.5. The third kappa shape index (κ3) is 3.97. The van der Waals surface area contributed by atoms with Crippen LogP contribution in [-0.4, -0.2) is 15.5 Å². The highest BCUT2D eigenvalue weighted by molar-refractivity contribution is 5.97. The Balaban J connectivity index is 1.62. The van der Waals surface area contributed by atoms with Crippen molar-refractivity contribution in [3.05, 3.63) is 75.3 Å². The van der Waals surface area contributed by atoms with Gasteiger partial charge in [-0.1, -0.05) is 18.9 Å². The van der Waals surface area contributed by atoms with Gasteiger partial charge in [0.25, 0.3) is 11.5 Å². The van der Waals surface area contributed by atoms with Crippen LogP contribution < -0.4 is 10.9 Å². The summed E-state index contributed by atoms with van der Waals surface area (Å²) in [4.78, 5) is 30.3. The van der Waals surface area contributed by atoms with Crippen molar-refractivity contribution in [3.8, 4) is 0 Å². The third-order valence-corrected chi connectivity index (χ3v) is 5.62. The quantitative estimate of drug-likeness (QED) is 0.700. The Hall–Kier alpha value is -3.09. The van der Waals surface area contributed by atoms with Crippen molar-refractivity contribution >= 4 is 16.8 Å². The lowest BCUT2D eigenvalue weighted by atomic mass is 10.1. The van der Waals surface area contributed by atoms with Crippen LogP contribution in [0.3, 0.4) is 0 Å². The minimum atomic E-state index is -0.958. The summed E-state index contributed by atoms with van der Waals surface area (Å²) in [6.07, 6.45) is 4.93. The number of aryl methyl sites for hydroxylation is 1. The standard InChI is InChI=1S/C23H23F2N3O2/c1-14(15-8-10-18(24)19(25)12-15)26-22(29)16-7-9-17-20(13-16)27-21-6-4-2-3-5-11-28(21)23(17)30/h7-10,12-14H,2-6,11H2,1H3,(H,26,29)/t14-/m0/s1. The van der Waals surface area contributed by atoms with Gasteiger partial charge in [0.1, 0.15) is 5.82 Å². The molecule has 1 N–H and O–H groups in total. The molecule has 1 aromatic heterocycles. The lowest BCUT2D eigenvalue weighted by Crippen LogP contribution is -2.28. The molecule has 4 rings (SSSR count). The number of amides is 1. The molecule has 0 saturated carbocycles. The lowest BCUT2D eigenvalue weighted by molar-refractivity contribution is 0.0940. The molecule has 0 bridgehead atoms. The zero-order valence-electron chi connectivity index (χ0n) is 16.8. The van der Waals surface area contributed by atoms with E-state index in [1.165, 1.54) is 6.07 Å². The molecule has 2 aromatic carbocycles. The van der Waals surface area contributed by atoms with Crippen LogP contribution in [0.5, 0.6) is 0 Å². The van der Waals surface area contributed by atoms with Gasteiger partial charge in [0.2, 0.25) is 0 Å². The van der Waals surface area contributed by atoms with Gasteiger partial charge in [0.15, 0.2) is 11.6 Å². The monoisotopic (exact) mass is 411 g/mol. The van der Waals surface area contributed by atoms with E-state index in [1.807, 2.05) is 0 Å². The van der Waals surface area contributed by atoms with Crippen LogP contribution in [-0.2, 0) is 13.0 Å². The Labute approximate surface area is 172 Å². The van der Waals surface area contributed by atoms with Gasteiger partial charge in [-0.05, 0) is 55.7 Å². The molecule has 1 amide bonds. The Morgan fingerprint density at radius 1 is 1.07 bits per heavy atom. The fourth-order valence-corrected chi connectivity index (χ4v) is 3.88. The summed E-state index contributed by atoms with van der Waals surface area (Å²) >= 11 is 0. The Kier molecular flexibility index (Phi) is 5.61. The second kappa shape index (κ2) is 8.34. The molecule has 0 radical (unpaired) electrons. The fraction of sp³-hybridized carbons (Fsp3) is 0.348. The van der Waals surface area contributed by atoms with Gasteiger partial charge in [0, 0.05) is 18.5 Å². The van der Waals surface area contributed by atoms with E-state index >= 15 is 0 Å². The third-order valence-electron chi connectivity index (χ3n) is 5.62. The van der Waals surface area contributed by atoms with Crippen LogP contribution in [0.1, 0.15) is 60.4 Å². The molecule has 3 aromatic rings. The highest BCUT2D eigenvalue weighted by atomic mass is 19.2. The van der Waals surface area contributed by atoms with E-state index < -0.39 is 17.7 Å². The Bertz CT molecular complexity index is 1170. The molecule has 0 spiro atoms. The van der Waals surface area contributed by atoms with E-state index in [-0.39, 0.29) is 11.5 Å². The molecule has 1 atom stereocenters. The molecular formula is C23H23F2N3O2. The van der Waals surface area contributed by atoms with Gasteiger partial charge in [-0.3, -0.25) is 14.2 Å². The smallest absolute Gasteiger partial charge is 0.261 e.